The van der Waals surface area contributed by atoms with Crippen molar-refractivity contribution in [3.05, 3.63) is 11.6 Å². The zero-order valence-electron chi connectivity index (χ0n) is 33.5. The number of fused-ring (bicyclic) bond motifs is 7. The Kier molecular flexibility index (Phi) is 9.85. The van der Waals surface area contributed by atoms with Crippen LogP contribution >= 0.6 is 0 Å². The molecule has 7 aliphatic rings. The fraction of sp³-hybridized carbons (Fsp3) is 0.909. The van der Waals surface area contributed by atoms with E-state index in [0.717, 1.165) is 74.7 Å². The second-order valence-electron chi connectivity index (χ2n) is 21.0. The number of alkyl halides is 1. The average Bonchev–Trinajstić information content (AvgIpc) is 3.46. The van der Waals surface area contributed by atoms with Gasteiger partial charge in [-0.3, -0.25) is 9.00 Å². The molecule has 51 heavy (non-hydrogen) atoms. The predicted molar refractivity (Wildman–Crippen MR) is 210 cm³/mol. The number of carboxylic acid groups (broad SMARTS) is 1. The van der Waals surface area contributed by atoms with Crippen LogP contribution in [0.25, 0.3) is 0 Å². The van der Waals surface area contributed by atoms with Crippen LogP contribution in [0.5, 0.6) is 0 Å². The van der Waals surface area contributed by atoms with E-state index in [2.05, 4.69) is 70.6 Å². The van der Waals surface area contributed by atoms with E-state index >= 15 is 0 Å². The van der Waals surface area contributed by atoms with Gasteiger partial charge in [0.15, 0.2) is 0 Å². The number of nitrogens with one attached hydrogen (secondary N) is 1. The first-order valence-electron chi connectivity index (χ1n) is 21.2. The summed E-state index contributed by atoms with van der Waals surface area (Å²) in [5.74, 6) is 9.26. The van der Waals surface area contributed by atoms with Crippen LogP contribution in [0, 0.1) is 68.5 Å². The highest BCUT2D eigenvalue weighted by atomic mass is 32.2. The van der Waals surface area contributed by atoms with Gasteiger partial charge in [-0.05, 0) is 162 Å². The van der Waals surface area contributed by atoms with Crippen molar-refractivity contribution >= 4 is 21.4 Å². The molecule has 0 aromatic heterocycles. The maximum atomic E-state index is 14.0. The molecule has 1 heterocycles. The van der Waals surface area contributed by atoms with E-state index < -0.39 is 27.6 Å². The normalized spacial score (nSPS) is 47.8. The molecule has 9 atom stereocenters. The van der Waals surface area contributed by atoms with Gasteiger partial charge in [-0.25, -0.2) is 4.39 Å². The van der Waals surface area contributed by atoms with Crippen molar-refractivity contribution in [3.63, 3.8) is 0 Å². The predicted octanol–water partition coefficient (Wildman–Crippen LogP) is 8.86. The van der Waals surface area contributed by atoms with Crippen LogP contribution < -0.4 is 5.32 Å². The maximum Gasteiger partial charge on any atom is 0.312 e. The SMILES string of the molecule is C=S1(=O)CCN(CCN[C@]23CC[C@@H](C(C)C)[C@@H]2[C@H]2CC[C@@H]4[C@@]5(C)CC=C(C6CCC(CF)(C(=O)O)CC6)C(C)(C)[C@@H]5CC[C@@]4(C)[C@]2(C)CC3)CC1. The zero-order valence-corrected chi connectivity index (χ0v) is 34.3. The van der Waals surface area contributed by atoms with Crippen molar-refractivity contribution in [2.45, 2.75) is 137 Å². The summed E-state index contributed by atoms with van der Waals surface area (Å²) in [6.45, 7) is 21.4. The highest BCUT2D eigenvalue weighted by Gasteiger charge is 2.70. The fourth-order valence-corrected chi connectivity index (χ4v) is 16.8. The Morgan fingerprint density at radius 1 is 0.941 bits per heavy atom. The maximum absolute atomic E-state index is 14.0. The topological polar surface area (TPSA) is 69.6 Å². The Morgan fingerprint density at radius 2 is 1.63 bits per heavy atom. The Bertz CT molecular complexity index is 1470. The number of allylic oxidation sites excluding steroid dienone is 2. The second-order valence-corrected chi connectivity index (χ2v) is 23.8. The van der Waals surface area contributed by atoms with Gasteiger partial charge in [0.2, 0.25) is 0 Å². The van der Waals surface area contributed by atoms with E-state index in [-0.39, 0.29) is 16.4 Å². The van der Waals surface area contributed by atoms with Gasteiger partial charge in [-0.2, -0.15) is 0 Å². The van der Waals surface area contributed by atoms with E-state index in [0.29, 0.717) is 47.3 Å². The van der Waals surface area contributed by atoms with Gasteiger partial charge in [0.1, 0.15) is 6.67 Å². The van der Waals surface area contributed by atoms with Gasteiger partial charge in [0.05, 0.1) is 5.41 Å². The summed E-state index contributed by atoms with van der Waals surface area (Å²) >= 11 is 0. The van der Waals surface area contributed by atoms with Crippen LogP contribution in [-0.2, 0) is 14.3 Å². The van der Waals surface area contributed by atoms with E-state index in [9.17, 15) is 18.5 Å². The monoisotopic (exact) mass is 729 g/mol. The number of aliphatic carboxylic acids is 1. The van der Waals surface area contributed by atoms with Crippen molar-refractivity contribution in [2.24, 2.45) is 68.5 Å². The summed E-state index contributed by atoms with van der Waals surface area (Å²) in [5, 5.41) is 14.2. The van der Waals surface area contributed by atoms with Crippen molar-refractivity contribution in [3.8, 4) is 0 Å². The zero-order chi connectivity index (χ0) is 36.8. The second kappa shape index (κ2) is 13.1. The molecule has 0 unspecified atom stereocenters. The Labute approximate surface area is 311 Å². The average molecular weight is 729 g/mol. The largest absolute Gasteiger partial charge is 0.481 e. The first kappa shape index (κ1) is 38.4. The molecule has 0 bridgehead atoms. The summed E-state index contributed by atoms with van der Waals surface area (Å²) in [7, 11) is -1.86. The molecule has 0 aromatic rings. The third-order valence-electron chi connectivity index (χ3n) is 18.5. The van der Waals surface area contributed by atoms with E-state index in [1.807, 2.05) is 0 Å². The molecule has 0 radical (unpaired) electrons. The van der Waals surface area contributed by atoms with Crippen LogP contribution in [0.3, 0.4) is 0 Å². The van der Waals surface area contributed by atoms with Crippen LogP contribution in [0.2, 0.25) is 0 Å². The van der Waals surface area contributed by atoms with Crippen molar-refractivity contribution in [1.82, 2.24) is 10.2 Å². The molecular weight excluding hydrogens is 656 g/mol. The van der Waals surface area contributed by atoms with Crippen LogP contribution in [0.4, 0.5) is 4.39 Å². The molecule has 6 fully saturated rings. The fourth-order valence-electron chi connectivity index (χ4n) is 15.4. The molecule has 0 spiro atoms. The summed E-state index contributed by atoms with van der Waals surface area (Å²) < 4.78 is 26.5. The van der Waals surface area contributed by atoms with E-state index in [4.69, 9.17) is 0 Å². The van der Waals surface area contributed by atoms with Crippen molar-refractivity contribution in [1.29, 1.82) is 0 Å². The van der Waals surface area contributed by atoms with E-state index in [1.165, 1.54) is 51.4 Å². The van der Waals surface area contributed by atoms with Gasteiger partial charge >= 0.3 is 5.97 Å². The first-order chi connectivity index (χ1) is 23.9. The van der Waals surface area contributed by atoms with Gasteiger partial charge in [0.25, 0.3) is 0 Å². The third kappa shape index (κ3) is 5.87. The number of carbonyl (C=O) groups is 1. The van der Waals surface area contributed by atoms with Crippen molar-refractivity contribution in [2.75, 3.05) is 44.4 Å². The Balaban J connectivity index is 1.11. The summed E-state index contributed by atoms with van der Waals surface area (Å²) in [4.78, 5) is 14.5. The Morgan fingerprint density at radius 3 is 2.25 bits per heavy atom. The molecule has 0 amide bonds. The van der Waals surface area contributed by atoms with Gasteiger partial charge < -0.3 is 15.3 Å². The smallest absolute Gasteiger partial charge is 0.312 e. The molecule has 7 rings (SSSR count). The molecule has 5 saturated carbocycles. The number of nitrogens with zero attached hydrogens (tertiary/aromatic N) is 1. The van der Waals surface area contributed by atoms with Gasteiger partial charge in [-0.15, -0.1) is 0 Å². The molecule has 1 saturated heterocycles. The molecule has 290 valence electrons. The Hall–Kier alpha value is -0.920. The molecule has 6 aliphatic carbocycles. The minimum absolute atomic E-state index is 0.0774. The molecule has 1 aliphatic heterocycles. The van der Waals surface area contributed by atoms with Gasteiger partial charge in [-0.1, -0.05) is 60.1 Å². The molecular formula is C44H73FN2O3S. The number of hydrogen-bond acceptors (Lipinski definition) is 4. The minimum atomic E-state index is -1.86. The van der Waals surface area contributed by atoms with Crippen LogP contribution in [-0.4, -0.2) is 76.0 Å². The standard InChI is InChI=1S/C44H73FN2O3S/c1-30(2)32-13-20-44(46-23-24-47-25-27-51(8,50)28-26-47)22-21-41(6)34(37(32)44)9-10-36-40(5)16-14-33(39(3,4)35(40)15-17-42(36,41)7)31-11-18-43(29-45,19-12-31)38(48)49/h14,30-32,34-37,46H,8-13,15-29H2,1-7H3,(H,48,49)/t31?,32-,34+,35-,36+,37+,40-,41+,42+,43?,44-/m0/s1. The lowest BCUT2D eigenvalue weighted by Gasteiger charge is -2.72. The number of carboxylic acids is 1. The lowest BCUT2D eigenvalue weighted by molar-refractivity contribution is -0.223. The number of hydrogen-bond donors (Lipinski definition) is 2. The van der Waals surface area contributed by atoms with Crippen LogP contribution in [0.15, 0.2) is 11.6 Å². The third-order valence-corrected chi connectivity index (χ3v) is 20.4. The summed E-state index contributed by atoms with van der Waals surface area (Å²) in [6, 6.07) is 0. The molecule has 5 nitrogen and oxygen atoms in total. The highest BCUT2D eigenvalue weighted by molar-refractivity contribution is 8.00. The minimum Gasteiger partial charge on any atom is -0.481 e. The number of rotatable bonds is 8. The quantitative estimate of drug-likeness (QED) is 0.193. The van der Waals surface area contributed by atoms with Gasteiger partial charge in [0, 0.05) is 43.2 Å². The lowest BCUT2D eigenvalue weighted by atomic mass is 9.32. The molecule has 0 aromatic carbocycles. The van der Waals surface area contributed by atoms with Crippen molar-refractivity contribution < 1.29 is 18.5 Å². The molecule has 7 heteroatoms. The highest BCUT2D eigenvalue weighted by Crippen LogP contribution is 2.76. The first-order valence-corrected chi connectivity index (χ1v) is 23.2. The molecule has 2 N–H and O–H groups in total. The van der Waals surface area contributed by atoms with E-state index in [1.54, 1.807) is 5.57 Å². The summed E-state index contributed by atoms with van der Waals surface area (Å²) in [5.41, 5.74) is 1.65. The lowest BCUT2D eigenvalue weighted by Crippen LogP contribution is -2.68. The number of halogens is 1. The van der Waals surface area contributed by atoms with Crippen LogP contribution in [0.1, 0.15) is 132 Å². The summed E-state index contributed by atoms with van der Waals surface area (Å²) in [6.07, 6.45) is 16.9.